The lowest BCUT2D eigenvalue weighted by Crippen LogP contribution is -2.53. The van der Waals surface area contributed by atoms with Crippen LogP contribution in [0.4, 0.5) is 4.39 Å². The summed E-state index contributed by atoms with van der Waals surface area (Å²) in [5, 5.41) is 28.9. The Hall–Kier alpha value is -4.62. The average Bonchev–Trinajstić information content (AvgIpc) is 3.67. The Labute approximate surface area is 254 Å². The fourth-order valence-corrected chi connectivity index (χ4v) is 4.92. The van der Waals surface area contributed by atoms with Gasteiger partial charge in [0.2, 0.25) is 5.91 Å². The van der Waals surface area contributed by atoms with Crippen LogP contribution < -0.4 is 15.4 Å². The lowest BCUT2D eigenvalue weighted by Gasteiger charge is -2.24. The molecule has 44 heavy (non-hydrogen) atoms. The predicted molar refractivity (Wildman–Crippen MR) is 160 cm³/mol. The van der Waals surface area contributed by atoms with E-state index in [0.717, 1.165) is 22.5 Å². The summed E-state index contributed by atoms with van der Waals surface area (Å²) in [6.45, 7) is 6.33. The van der Waals surface area contributed by atoms with Crippen molar-refractivity contribution < 1.29 is 23.8 Å². The van der Waals surface area contributed by atoms with Gasteiger partial charge in [-0.1, -0.05) is 11.3 Å². The number of halogens is 1. The van der Waals surface area contributed by atoms with E-state index in [-0.39, 0.29) is 12.4 Å². The van der Waals surface area contributed by atoms with Gasteiger partial charge in [-0.15, -0.1) is 5.10 Å². The van der Waals surface area contributed by atoms with Gasteiger partial charge in [-0.25, -0.2) is 9.07 Å². The zero-order valence-electron chi connectivity index (χ0n) is 24.8. The molecule has 2 atom stereocenters. The first kappa shape index (κ1) is 30.8. The first-order valence-electron chi connectivity index (χ1n) is 14.7. The van der Waals surface area contributed by atoms with Crippen molar-refractivity contribution in [3.8, 4) is 11.4 Å². The summed E-state index contributed by atoms with van der Waals surface area (Å²) in [4.78, 5) is 28.3. The molecule has 0 aliphatic carbocycles. The molecular formula is C31H37FN8O4. The van der Waals surface area contributed by atoms with E-state index in [1.54, 1.807) is 45.9 Å². The fraction of sp³-hybridized carbons (Fsp3) is 0.387. The minimum absolute atomic E-state index is 0.277. The number of nitrogens with zero attached hydrogens (tertiary/aromatic N) is 6. The molecular weight excluding hydrogens is 567 g/mol. The topological polar surface area (TPSA) is 139 Å². The van der Waals surface area contributed by atoms with Gasteiger partial charge < -0.3 is 20.5 Å². The van der Waals surface area contributed by atoms with Gasteiger partial charge in [0.15, 0.2) is 0 Å². The lowest BCUT2D eigenvalue weighted by atomic mass is 10.1. The van der Waals surface area contributed by atoms with E-state index >= 15 is 0 Å². The summed E-state index contributed by atoms with van der Waals surface area (Å²) in [7, 11) is 0. The molecule has 4 bridgehead atoms. The molecule has 3 N–H and O–H groups in total. The van der Waals surface area contributed by atoms with Gasteiger partial charge in [0.25, 0.3) is 5.91 Å². The van der Waals surface area contributed by atoms with Crippen molar-refractivity contribution in [3.63, 3.8) is 0 Å². The smallest absolute Gasteiger partial charge is 0.252 e. The van der Waals surface area contributed by atoms with Gasteiger partial charge in [-0.3, -0.25) is 19.2 Å². The molecule has 2 aromatic carbocycles. The van der Waals surface area contributed by atoms with Crippen molar-refractivity contribution in [2.45, 2.75) is 51.9 Å². The molecule has 0 fully saturated rings. The third-order valence-corrected chi connectivity index (χ3v) is 7.42. The van der Waals surface area contributed by atoms with E-state index in [2.05, 4.69) is 30.9 Å². The highest BCUT2D eigenvalue weighted by molar-refractivity contribution is 5.98. The molecule has 0 saturated heterocycles. The van der Waals surface area contributed by atoms with Crippen LogP contribution in [0.3, 0.4) is 0 Å². The molecule has 5 rings (SSSR count). The fourth-order valence-electron chi connectivity index (χ4n) is 4.92. The normalized spacial score (nSPS) is 18.1. The molecule has 232 valence electrons. The van der Waals surface area contributed by atoms with Gasteiger partial charge in [0.1, 0.15) is 17.6 Å². The molecule has 4 aromatic rings. The van der Waals surface area contributed by atoms with Crippen LogP contribution in [0, 0.1) is 12.7 Å². The Balaban J connectivity index is 1.32. The number of benzene rings is 2. The van der Waals surface area contributed by atoms with Gasteiger partial charge in [-0.2, -0.15) is 5.10 Å². The zero-order valence-corrected chi connectivity index (χ0v) is 24.8. The number of rotatable bonds is 4. The molecule has 13 heteroatoms. The van der Waals surface area contributed by atoms with Crippen molar-refractivity contribution in [1.82, 2.24) is 40.3 Å². The molecule has 2 aromatic heterocycles. The number of aromatic nitrogens is 5. The molecule has 0 spiro atoms. The Morgan fingerprint density at radius 3 is 2.73 bits per heavy atom. The second-order valence-corrected chi connectivity index (χ2v) is 10.9. The molecule has 0 unspecified atom stereocenters. The summed E-state index contributed by atoms with van der Waals surface area (Å²) in [6, 6.07) is 10.0. The number of aryl methyl sites for hydroxylation is 2. The SMILES string of the molecule is Cc1ccc2cc1OCCCn1cc(nn1)CCN(Cc1cnn(-c3ccc(F)cc3)c1)CCNC(=O)[C@H]([C@@H](C)O)NC2=O. The molecule has 12 nitrogen and oxygen atoms in total. The maximum atomic E-state index is 13.4. The van der Waals surface area contributed by atoms with E-state index in [1.165, 1.54) is 19.1 Å². The summed E-state index contributed by atoms with van der Waals surface area (Å²) >= 11 is 0. The first-order valence-corrected chi connectivity index (χ1v) is 14.7. The number of aliphatic hydroxyl groups excluding tert-OH is 1. The minimum Gasteiger partial charge on any atom is -0.493 e. The molecule has 0 radical (unpaired) electrons. The lowest BCUT2D eigenvalue weighted by molar-refractivity contribution is -0.125. The largest absolute Gasteiger partial charge is 0.493 e. The third-order valence-electron chi connectivity index (χ3n) is 7.42. The van der Waals surface area contributed by atoms with E-state index < -0.39 is 24.0 Å². The van der Waals surface area contributed by atoms with Gasteiger partial charge >= 0.3 is 0 Å². The summed E-state index contributed by atoms with van der Waals surface area (Å²) in [5.74, 6) is -0.712. The van der Waals surface area contributed by atoms with Crippen molar-refractivity contribution in [2.24, 2.45) is 0 Å². The number of nitrogens with one attached hydrogen (secondary N) is 2. The second kappa shape index (κ2) is 14.2. The number of aliphatic hydroxyl groups is 1. The number of fused-ring (bicyclic) bond motifs is 4. The van der Waals surface area contributed by atoms with Crippen molar-refractivity contribution in [1.29, 1.82) is 0 Å². The zero-order chi connectivity index (χ0) is 31.1. The summed E-state index contributed by atoms with van der Waals surface area (Å²) in [5.41, 5.74) is 3.73. The van der Waals surface area contributed by atoms with E-state index in [0.29, 0.717) is 56.9 Å². The third kappa shape index (κ3) is 8.05. The Bertz CT molecular complexity index is 1570. The van der Waals surface area contributed by atoms with Crippen LogP contribution in [0.15, 0.2) is 61.1 Å². The van der Waals surface area contributed by atoms with Crippen LogP contribution in [-0.2, 0) is 24.3 Å². The molecule has 1 aliphatic heterocycles. The number of carbonyl (C=O) groups excluding carboxylic acids is 2. The summed E-state index contributed by atoms with van der Waals surface area (Å²) < 4.78 is 22.8. The minimum atomic E-state index is -1.14. The van der Waals surface area contributed by atoms with Crippen LogP contribution in [0.25, 0.3) is 5.69 Å². The maximum Gasteiger partial charge on any atom is 0.252 e. The standard InChI is InChI=1S/C31H37FN8O4/c1-21-4-5-24-16-28(21)44-15-3-12-39-20-26(36-37-39)10-13-38(14-11-33-31(43)29(22(2)41)35-30(24)42)18-23-17-34-40(19-23)27-8-6-25(32)7-9-27/h4-9,16-17,19-20,22,29,41H,3,10-15,18H2,1-2H3,(H,33,43)(H,35,42)/t22-,29+/m1/s1. The van der Waals surface area contributed by atoms with Crippen molar-refractivity contribution in [3.05, 3.63) is 89.3 Å². The van der Waals surface area contributed by atoms with Gasteiger partial charge in [0, 0.05) is 69.1 Å². The van der Waals surface area contributed by atoms with Crippen LogP contribution in [0.5, 0.6) is 5.75 Å². The highest BCUT2D eigenvalue weighted by atomic mass is 19.1. The second-order valence-electron chi connectivity index (χ2n) is 10.9. The molecule has 2 amide bonds. The molecule has 0 saturated carbocycles. The van der Waals surface area contributed by atoms with E-state index in [4.69, 9.17) is 4.74 Å². The van der Waals surface area contributed by atoms with Crippen LogP contribution in [-0.4, -0.2) is 85.0 Å². The monoisotopic (exact) mass is 604 g/mol. The highest BCUT2D eigenvalue weighted by Gasteiger charge is 2.26. The number of hydrogen-bond acceptors (Lipinski definition) is 8. The Kier molecular flexibility index (Phi) is 9.97. The summed E-state index contributed by atoms with van der Waals surface area (Å²) in [6.07, 6.45) is 5.77. The number of carbonyl (C=O) groups is 2. The van der Waals surface area contributed by atoms with E-state index in [9.17, 15) is 19.1 Å². The van der Waals surface area contributed by atoms with Crippen molar-refractivity contribution >= 4 is 11.8 Å². The van der Waals surface area contributed by atoms with Gasteiger partial charge in [0.05, 0.1) is 30.3 Å². The van der Waals surface area contributed by atoms with E-state index in [1.807, 2.05) is 19.3 Å². The van der Waals surface area contributed by atoms with Crippen LogP contribution in [0.2, 0.25) is 0 Å². The number of hydrogen-bond donors (Lipinski definition) is 3. The number of ether oxygens (including phenoxy) is 1. The Morgan fingerprint density at radius 2 is 1.93 bits per heavy atom. The maximum absolute atomic E-state index is 13.4. The quantitative estimate of drug-likeness (QED) is 0.322. The van der Waals surface area contributed by atoms with Crippen LogP contribution in [0.1, 0.15) is 40.5 Å². The van der Waals surface area contributed by atoms with Crippen molar-refractivity contribution in [2.75, 3.05) is 26.2 Å². The van der Waals surface area contributed by atoms with Gasteiger partial charge in [-0.05, 0) is 55.8 Å². The Morgan fingerprint density at radius 1 is 1.11 bits per heavy atom. The highest BCUT2D eigenvalue weighted by Crippen LogP contribution is 2.20. The first-order chi connectivity index (χ1) is 21.2. The average molecular weight is 605 g/mol. The molecule has 1 aliphatic rings. The molecule has 3 heterocycles. The van der Waals surface area contributed by atoms with Crippen LogP contribution >= 0.6 is 0 Å². The predicted octanol–water partition coefficient (Wildman–Crippen LogP) is 2.03. The number of amides is 2.